The zero-order valence-corrected chi connectivity index (χ0v) is 17.3. The summed E-state index contributed by atoms with van der Waals surface area (Å²) in [5, 5.41) is 6.49. The van der Waals surface area contributed by atoms with Gasteiger partial charge >= 0.3 is 5.97 Å². The van der Waals surface area contributed by atoms with E-state index in [4.69, 9.17) is 9.47 Å². The van der Waals surface area contributed by atoms with Crippen molar-refractivity contribution in [3.05, 3.63) is 12.2 Å². The van der Waals surface area contributed by atoms with Crippen LogP contribution in [0.4, 0.5) is 0 Å². The summed E-state index contributed by atoms with van der Waals surface area (Å²) >= 11 is 0. The topological polar surface area (TPSA) is 76.7 Å². The summed E-state index contributed by atoms with van der Waals surface area (Å²) in [6, 6.07) is -0.762. The molecule has 0 saturated carbocycles. The van der Waals surface area contributed by atoms with E-state index < -0.39 is 5.60 Å². The molecule has 2 N–H and O–H groups in total. The van der Waals surface area contributed by atoms with Crippen LogP contribution in [0.3, 0.4) is 0 Å². The van der Waals surface area contributed by atoms with Gasteiger partial charge in [0.15, 0.2) is 0 Å². The summed E-state index contributed by atoms with van der Waals surface area (Å²) < 4.78 is 11.2. The summed E-state index contributed by atoms with van der Waals surface area (Å²) in [5.41, 5.74) is -0.533. The molecular weight excluding hydrogens is 332 g/mol. The third kappa shape index (κ3) is 5.81. The number of allylic oxidation sites excluding steroid dienone is 1. The van der Waals surface area contributed by atoms with Gasteiger partial charge in [-0.3, -0.25) is 14.9 Å². The van der Waals surface area contributed by atoms with Gasteiger partial charge in [-0.2, -0.15) is 0 Å². The second kappa shape index (κ2) is 10.1. The zero-order chi connectivity index (χ0) is 19.9. The predicted molar refractivity (Wildman–Crippen MR) is 103 cm³/mol. The van der Waals surface area contributed by atoms with Gasteiger partial charge in [-0.05, 0) is 46.5 Å². The molecule has 6 nitrogen and oxygen atoms in total. The predicted octanol–water partition coefficient (Wildman–Crippen LogP) is 2.57. The van der Waals surface area contributed by atoms with Gasteiger partial charge in [0.25, 0.3) is 0 Å². The van der Waals surface area contributed by atoms with Gasteiger partial charge < -0.3 is 14.8 Å². The average Bonchev–Trinajstić information content (AvgIpc) is 2.96. The van der Waals surface area contributed by atoms with E-state index in [1.54, 1.807) is 7.11 Å². The molecule has 5 unspecified atom stereocenters. The molecule has 26 heavy (non-hydrogen) atoms. The Morgan fingerprint density at radius 2 is 2.04 bits per heavy atom. The highest BCUT2D eigenvalue weighted by molar-refractivity contribution is 5.77. The number of ether oxygens (including phenoxy) is 2. The fraction of sp³-hybridized carbons (Fsp3) is 0.800. The summed E-state index contributed by atoms with van der Waals surface area (Å²) in [5.74, 6) is -0.246. The lowest BCUT2D eigenvalue weighted by molar-refractivity contribution is -0.149. The maximum Gasteiger partial charge on any atom is 0.323 e. The van der Waals surface area contributed by atoms with Crippen molar-refractivity contribution in [2.75, 3.05) is 7.11 Å². The molecule has 1 aliphatic heterocycles. The Labute approximate surface area is 158 Å². The molecule has 1 aliphatic rings. The summed E-state index contributed by atoms with van der Waals surface area (Å²) in [6.45, 7) is 11.3. The summed E-state index contributed by atoms with van der Waals surface area (Å²) in [6.07, 6.45) is 6.31. The highest BCUT2D eigenvalue weighted by Gasteiger charge is 2.47. The Bertz CT molecular complexity index is 506. The second-order valence-corrected chi connectivity index (χ2v) is 7.60. The minimum atomic E-state index is -0.533. The van der Waals surface area contributed by atoms with Crippen molar-refractivity contribution in [1.29, 1.82) is 0 Å². The van der Waals surface area contributed by atoms with Crippen molar-refractivity contribution >= 4 is 11.9 Å². The highest BCUT2D eigenvalue weighted by Crippen LogP contribution is 2.33. The van der Waals surface area contributed by atoms with E-state index in [1.165, 1.54) is 6.92 Å². The lowest BCUT2D eigenvalue weighted by atomic mass is 9.81. The van der Waals surface area contributed by atoms with E-state index in [9.17, 15) is 9.59 Å². The van der Waals surface area contributed by atoms with Gasteiger partial charge in [-0.25, -0.2) is 0 Å². The molecule has 1 rings (SSSR count). The van der Waals surface area contributed by atoms with Gasteiger partial charge in [0, 0.05) is 20.1 Å². The van der Waals surface area contributed by atoms with Crippen LogP contribution < -0.4 is 10.6 Å². The molecule has 5 atom stereocenters. The monoisotopic (exact) mass is 368 g/mol. The number of carbonyl (C=O) groups is 2. The largest absolute Gasteiger partial charge is 0.462 e. The minimum absolute atomic E-state index is 0.105. The van der Waals surface area contributed by atoms with Crippen LogP contribution in [0, 0.1) is 5.92 Å². The smallest absolute Gasteiger partial charge is 0.323 e. The molecule has 1 fully saturated rings. The number of esters is 1. The molecule has 6 heteroatoms. The average molecular weight is 369 g/mol. The summed E-state index contributed by atoms with van der Waals surface area (Å²) in [7, 11) is 1.68. The fourth-order valence-electron chi connectivity index (χ4n) is 3.83. The molecule has 0 radical (unpaired) electrons. The lowest BCUT2D eigenvalue weighted by Gasteiger charge is -2.41. The Morgan fingerprint density at radius 1 is 1.38 bits per heavy atom. The third-order valence-corrected chi connectivity index (χ3v) is 5.03. The van der Waals surface area contributed by atoms with Crippen LogP contribution in [0.15, 0.2) is 12.2 Å². The molecule has 150 valence electrons. The molecule has 0 aliphatic carbocycles. The second-order valence-electron chi connectivity index (χ2n) is 7.60. The van der Waals surface area contributed by atoms with Crippen molar-refractivity contribution in [3.63, 3.8) is 0 Å². The molecule has 1 amide bonds. The van der Waals surface area contributed by atoms with Crippen molar-refractivity contribution in [2.24, 2.45) is 5.92 Å². The van der Waals surface area contributed by atoms with Crippen LogP contribution in [0.25, 0.3) is 0 Å². The van der Waals surface area contributed by atoms with Crippen molar-refractivity contribution in [2.45, 2.75) is 90.6 Å². The minimum Gasteiger partial charge on any atom is -0.462 e. The molecule has 0 aromatic carbocycles. The van der Waals surface area contributed by atoms with Gasteiger partial charge in [0.2, 0.25) is 5.91 Å². The van der Waals surface area contributed by atoms with Gasteiger partial charge in [0.1, 0.15) is 6.04 Å². The van der Waals surface area contributed by atoms with E-state index in [-0.39, 0.29) is 42.0 Å². The molecule has 0 aromatic heterocycles. The van der Waals surface area contributed by atoms with Crippen LogP contribution in [-0.2, 0) is 19.1 Å². The van der Waals surface area contributed by atoms with Gasteiger partial charge in [-0.1, -0.05) is 25.5 Å². The number of rotatable bonds is 9. The number of amides is 1. The van der Waals surface area contributed by atoms with Crippen LogP contribution in [0.1, 0.15) is 60.8 Å². The van der Waals surface area contributed by atoms with Crippen molar-refractivity contribution < 1.29 is 19.1 Å². The molecular formula is C20H36N2O4. The normalized spacial score (nSPS) is 26.7. The Balaban J connectivity index is 3.15. The first-order valence-electron chi connectivity index (χ1n) is 9.60. The first-order valence-corrected chi connectivity index (χ1v) is 9.60. The maximum absolute atomic E-state index is 12.4. The zero-order valence-electron chi connectivity index (χ0n) is 17.3. The standard InChI is InChI=1S/C20H36N2O4/c1-8-10-15-12-16(19(24)26-13(3)4)22-17(15)18(21-14(5)23)20(6,25-7)11-9-2/h8,10,13,15-18,22H,9,11-12H2,1-7H3,(H,21,23)/b10-8-. The number of hydrogen-bond donors (Lipinski definition) is 2. The van der Waals surface area contributed by atoms with E-state index in [1.807, 2.05) is 33.8 Å². The Hall–Kier alpha value is -1.40. The van der Waals surface area contributed by atoms with E-state index in [0.717, 1.165) is 12.8 Å². The molecule has 1 heterocycles. The Morgan fingerprint density at radius 3 is 2.50 bits per heavy atom. The van der Waals surface area contributed by atoms with Crippen LogP contribution in [0.5, 0.6) is 0 Å². The molecule has 0 spiro atoms. The van der Waals surface area contributed by atoms with E-state index >= 15 is 0 Å². The quantitative estimate of drug-likeness (QED) is 0.483. The number of carbonyl (C=O) groups excluding carboxylic acids is 2. The van der Waals surface area contributed by atoms with Gasteiger partial charge in [0.05, 0.1) is 17.7 Å². The van der Waals surface area contributed by atoms with Crippen LogP contribution >= 0.6 is 0 Å². The van der Waals surface area contributed by atoms with E-state index in [0.29, 0.717) is 6.42 Å². The number of methoxy groups -OCH3 is 1. The molecule has 0 aromatic rings. The van der Waals surface area contributed by atoms with Crippen molar-refractivity contribution in [3.8, 4) is 0 Å². The van der Waals surface area contributed by atoms with Crippen LogP contribution in [-0.4, -0.2) is 48.8 Å². The van der Waals surface area contributed by atoms with Crippen LogP contribution in [0.2, 0.25) is 0 Å². The Kier molecular flexibility index (Phi) is 8.77. The number of hydrogen-bond acceptors (Lipinski definition) is 5. The molecule has 0 bridgehead atoms. The summed E-state index contributed by atoms with van der Waals surface area (Å²) in [4.78, 5) is 24.3. The third-order valence-electron chi connectivity index (χ3n) is 5.03. The first kappa shape index (κ1) is 22.6. The first-order chi connectivity index (χ1) is 12.2. The van der Waals surface area contributed by atoms with E-state index in [2.05, 4.69) is 23.6 Å². The number of nitrogens with one attached hydrogen (secondary N) is 2. The maximum atomic E-state index is 12.4. The highest BCUT2D eigenvalue weighted by atomic mass is 16.5. The van der Waals surface area contributed by atoms with Crippen molar-refractivity contribution in [1.82, 2.24) is 10.6 Å². The fourth-order valence-corrected chi connectivity index (χ4v) is 3.83. The lowest BCUT2D eigenvalue weighted by Crippen LogP contribution is -2.62. The SMILES string of the molecule is C/C=C\C1CC(C(=O)OC(C)C)NC1C(NC(C)=O)C(C)(CCC)OC. The van der Waals surface area contributed by atoms with Gasteiger partial charge in [-0.15, -0.1) is 0 Å². The molecule has 1 saturated heterocycles.